The van der Waals surface area contributed by atoms with Gasteiger partial charge >= 0.3 is 5.97 Å². The summed E-state index contributed by atoms with van der Waals surface area (Å²) in [6.07, 6.45) is 0. The first kappa shape index (κ1) is 12.4. The van der Waals surface area contributed by atoms with Crippen molar-refractivity contribution in [3.05, 3.63) is 54.0 Å². The molecule has 18 heavy (non-hydrogen) atoms. The molecule has 94 valence electrons. The third-order valence-corrected chi connectivity index (χ3v) is 2.29. The van der Waals surface area contributed by atoms with E-state index in [2.05, 4.69) is 0 Å². The minimum atomic E-state index is -0.480. The van der Waals surface area contributed by atoms with E-state index in [0.717, 1.165) is 5.76 Å². The Morgan fingerprint density at radius 2 is 1.89 bits per heavy atom. The Balaban J connectivity index is 2.03. The Morgan fingerprint density at radius 3 is 2.56 bits per heavy atom. The van der Waals surface area contributed by atoms with Gasteiger partial charge in [0, 0.05) is 0 Å². The summed E-state index contributed by atoms with van der Waals surface area (Å²) in [5, 5.41) is 0. The average molecular weight is 245 g/mol. The Morgan fingerprint density at radius 1 is 1.17 bits per heavy atom. The molecule has 1 heterocycles. The summed E-state index contributed by atoms with van der Waals surface area (Å²) in [7, 11) is 3.87. The van der Waals surface area contributed by atoms with Crippen LogP contribution in [-0.2, 0) is 6.54 Å². The van der Waals surface area contributed by atoms with E-state index < -0.39 is 5.97 Å². The molecule has 0 aliphatic carbocycles. The van der Waals surface area contributed by atoms with Gasteiger partial charge in [0.05, 0.1) is 6.54 Å². The number of para-hydroxylation sites is 1. The second kappa shape index (κ2) is 5.51. The third-order valence-electron chi connectivity index (χ3n) is 2.29. The minimum Gasteiger partial charge on any atom is -0.453 e. The predicted octanol–water partition coefficient (Wildman–Crippen LogP) is 2.56. The molecule has 4 heteroatoms. The highest BCUT2D eigenvalue weighted by Crippen LogP contribution is 2.14. The van der Waals surface area contributed by atoms with Crippen molar-refractivity contribution in [1.82, 2.24) is 4.90 Å². The van der Waals surface area contributed by atoms with Crippen molar-refractivity contribution in [2.45, 2.75) is 6.54 Å². The highest BCUT2D eigenvalue weighted by Gasteiger charge is 2.13. The van der Waals surface area contributed by atoms with Crippen LogP contribution in [0.4, 0.5) is 0 Å². The van der Waals surface area contributed by atoms with E-state index in [1.807, 2.05) is 37.2 Å². The monoisotopic (exact) mass is 245 g/mol. The maximum Gasteiger partial charge on any atom is 0.379 e. The molecule has 0 N–H and O–H groups in total. The lowest BCUT2D eigenvalue weighted by Crippen LogP contribution is -2.10. The maximum absolute atomic E-state index is 11.8. The van der Waals surface area contributed by atoms with E-state index in [9.17, 15) is 4.79 Å². The molecule has 0 aliphatic rings. The standard InChI is InChI=1S/C14H15NO3/c1-15(2)10-12-8-9-13(17-12)14(16)18-11-6-4-3-5-7-11/h3-9H,10H2,1-2H3. The third kappa shape index (κ3) is 3.21. The number of carbonyl (C=O) groups is 1. The predicted molar refractivity (Wildman–Crippen MR) is 67.5 cm³/mol. The molecule has 0 unspecified atom stereocenters. The van der Waals surface area contributed by atoms with Gasteiger partial charge in [0.1, 0.15) is 11.5 Å². The van der Waals surface area contributed by atoms with Crippen LogP contribution in [0.1, 0.15) is 16.3 Å². The topological polar surface area (TPSA) is 42.7 Å². The summed E-state index contributed by atoms with van der Waals surface area (Å²) >= 11 is 0. The number of carbonyl (C=O) groups excluding carboxylic acids is 1. The van der Waals surface area contributed by atoms with E-state index in [-0.39, 0.29) is 5.76 Å². The SMILES string of the molecule is CN(C)Cc1ccc(C(=O)Oc2ccccc2)o1. The van der Waals surface area contributed by atoms with Crippen molar-refractivity contribution >= 4 is 5.97 Å². The van der Waals surface area contributed by atoms with Gasteiger partial charge in [-0.25, -0.2) is 4.79 Å². The van der Waals surface area contributed by atoms with E-state index in [4.69, 9.17) is 9.15 Å². The van der Waals surface area contributed by atoms with Crippen molar-refractivity contribution in [3.63, 3.8) is 0 Å². The molecule has 1 aromatic carbocycles. The molecule has 0 bridgehead atoms. The Bertz CT molecular complexity index is 517. The minimum absolute atomic E-state index is 0.218. The van der Waals surface area contributed by atoms with Gasteiger partial charge in [0.25, 0.3) is 0 Å². The zero-order valence-electron chi connectivity index (χ0n) is 10.4. The fourth-order valence-electron chi connectivity index (χ4n) is 1.53. The highest BCUT2D eigenvalue weighted by molar-refractivity contribution is 5.88. The number of esters is 1. The summed E-state index contributed by atoms with van der Waals surface area (Å²) in [5.41, 5.74) is 0. The van der Waals surface area contributed by atoms with Crippen molar-refractivity contribution < 1.29 is 13.9 Å². The van der Waals surface area contributed by atoms with Gasteiger partial charge in [-0.2, -0.15) is 0 Å². The number of benzene rings is 1. The van der Waals surface area contributed by atoms with E-state index in [0.29, 0.717) is 12.3 Å². The number of ether oxygens (including phenoxy) is 1. The van der Waals surface area contributed by atoms with Crippen LogP contribution in [0.5, 0.6) is 5.75 Å². The maximum atomic E-state index is 11.8. The molecule has 1 aromatic heterocycles. The summed E-state index contributed by atoms with van der Waals surface area (Å²) in [6, 6.07) is 12.3. The molecule has 0 saturated carbocycles. The van der Waals surface area contributed by atoms with Crippen LogP contribution in [-0.4, -0.2) is 25.0 Å². The molecular formula is C14H15NO3. The molecule has 2 rings (SSSR count). The first-order chi connectivity index (χ1) is 8.65. The molecule has 0 spiro atoms. The fraction of sp³-hybridized carbons (Fsp3) is 0.214. The van der Waals surface area contributed by atoms with Crippen LogP contribution in [0, 0.1) is 0 Å². The van der Waals surface area contributed by atoms with E-state index >= 15 is 0 Å². The summed E-state index contributed by atoms with van der Waals surface area (Å²) in [5.74, 6) is 0.981. The fourth-order valence-corrected chi connectivity index (χ4v) is 1.53. The van der Waals surface area contributed by atoms with Gasteiger partial charge in [-0.1, -0.05) is 18.2 Å². The van der Waals surface area contributed by atoms with Gasteiger partial charge < -0.3 is 14.1 Å². The van der Waals surface area contributed by atoms with Crippen molar-refractivity contribution in [2.75, 3.05) is 14.1 Å². The molecular weight excluding hydrogens is 230 g/mol. The highest BCUT2D eigenvalue weighted by atomic mass is 16.5. The second-order valence-electron chi connectivity index (χ2n) is 4.21. The lowest BCUT2D eigenvalue weighted by molar-refractivity contribution is 0.0698. The Kier molecular flexibility index (Phi) is 3.79. The lowest BCUT2D eigenvalue weighted by atomic mass is 10.3. The normalized spacial score (nSPS) is 10.6. The van der Waals surface area contributed by atoms with Crippen molar-refractivity contribution in [2.24, 2.45) is 0 Å². The molecule has 4 nitrogen and oxygen atoms in total. The van der Waals surface area contributed by atoms with Crippen LogP contribution >= 0.6 is 0 Å². The molecule has 2 aromatic rings. The first-order valence-electron chi connectivity index (χ1n) is 5.66. The Labute approximate surface area is 106 Å². The summed E-state index contributed by atoms with van der Waals surface area (Å²) < 4.78 is 10.6. The second-order valence-corrected chi connectivity index (χ2v) is 4.21. The van der Waals surface area contributed by atoms with Crippen LogP contribution in [0.15, 0.2) is 46.9 Å². The molecule has 0 aliphatic heterocycles. The molecule has 0 radical (unpaired) electrons. The first-order valence-corrected chi connectivity index (χ1v) is 5.66. The molecule has 0 fully saturated rings. The van der Waals surface area contributed by atoms with Gasteiger partial charge in [0.15, 0.2) is 0 Å². The Hall–Kier alpha value is -2.07. The van der Waals surface area contributed by atoms with Gasteiger partial charge in [-0.15, -0.1) is 0 Å². The van der Waals surface area contributed by atoms with Crippen LogP contribution in [0.3, 0.4) is 0 Å². The van der Waals surface area contributed by atoms with Gasteiger partial charge in [-0.3, -0.25) is 0 Å². The van der Waals surface area contributed by atoms with Crippen LogP contribution < -0.4 is 4.74 Å². The number of hydrogen-bond acceptors (Lipinski definition) is 4. The van der Waals surface area contributed by atoms with E-state index in [1.165, 1.54) is 0 Å². The summed E-state index contributed by atoms with van der Waals surface area (Å²) in [6.45, 7) is 0.651. The number of nitrogens with zero attached hydrogens (tertiary/aromatic N) is 1. The van der Waals surface area contributed by atoms with Gasteiger partial charge in [-0.05, 0) is 38.4 Å². The number of rotatable bonds is 4. The molecule has 0 amide bonds. The lowest BCUT2D eigenvalue weighted by Gasteiger charge is -2.05. The molecule has 0 saturated heterocycles. The number of hydrogen-bond donors (Lipinski definition) is 0. The smallest absolute Gasteiger partial charge is 0.379 e. The van der Waals surface area contributed by atoms with Gasteiger partial charge in [0.2, 0.25) is 5.76 Å². The summed E-state index contributed by atoms with van der Waals surface area (Å²) in [4.78, 5) is 13.7. The average Bonchev–Trinajstić information content (AvgIpc) is 2.78. The zero-order valence-corrected chi connectivity index (χ0v) is 10.4. The molecule has 0 atom stereocenters. The quantitative estimate of drug-likeness (QED) is 0.613. The van der Waals surface area contributed by atoms with Crippen LogP contribution in [0.25, 0.3) is 0 Å². The zero-order chi connectivity index (χ0) is 13.0. The largest absolute Gasteiger partial charge is 0.453 e. The number of furan rings is 1. The van der Waals surface area contributed by atoms with Crippen LogP contribution in [0.2, 0.25) is 0 Å². The van der Waals surface area contributed by atoms with Crippen molar-refractivity contribution in [3.8, 4) is 5.75 Å². The van der Waals surface area contributed by atoms with E-state index in [1.54, 1.807) is 24.3 Å². The van der Waals surface area contributed by atoms with Crippen molar-refractivity contribution in [1.29, 1.82) is 0 Å².